The Bertz CT molecular complexity index is 1400. The maximum absolute atomic E-state index is 14.2. The van der Waals surface area contributed by atoms with Gasteiger partial charge in [0.2, 0.25) is 29.5 Å². The van der Waals surface area contributed by atoms with E-state index in [4.69, 9.17) is 9.47 Å². The van der Waals surface area contributed by atoms with E-state index in [1.54, 1.807) is 40.7 Å². The van der Waals surface area contributed by atoms with Crippen LogP contribution in [0.15, 0.2) is 53.0 Å². The molecular formula is C34H48N6O6S. The van der Waals surface area contributed by atoms with Crippen LogP contribution >= 0.6 is 11.8 Å². The topological polar surface area (TPSA) is 160 Å². The normalized spacial score (nSPS) is 30.2. The number of aliphatic imine (C=N–C) groups is 2. The summed E-state index contributed by atoms with van der Waals surface area (Å²) in [5.41, 5.74) is 0.0923. The lowest BCUT2D eigenvalue weighted by atomic mass is 9.97. The molecule has 0 radical (unpaired) electrons. The van der Waals surface area contributed by atoms with Gasteiger partial charge in [-0.05, 0) is 46.1 Å². The van der Waals surface area contributed by atoms with Gasteiger partial charge in [0.1, 0.15) is 30.3 Å². The van der Waals surface area contributed by atoms with Crippen LogP contribution in [-0.2, 0) is 35.1 Å². The van der Waals surface area contributed by atoms with E-state index in [9.17, 15) is 19.2 Å². The minimum absolute atomic E-state index is 0.214. The minimum atomic E-state index is -1.17. The smallest absolute Gasteiger partial charge is 0.249 e. The number of nitrogens with zero attached hydrogens (tertiary/aromatic N) is 2. The average Bonchev–Trinajstić information content (AvgIpc) is 3.69. The fraction of sp³-hybridized carbons (Fsp3) is 0.588. The number of nitrogens with one attached hydrogen (secondary N) is 4. The number of fused-ring (bicyclic) bond motifs is 2. The number of rotatable bonds is 8. The molecule has 256 valence electrons. The Morgan fingerprint density at radius 1 is 0.979 bits per heavy atom. The van der Waals surface area contributed by atoms with Crippen LogP contribution in [0.5, 0.6) is 0 Å². The van der Waals surface area contributed by atoms with Crippen molar-refractivity contribution in [1.82, 2.24) is 21.3 Å². The number of benzene rings is 1. The van der Waals surface area contributed by atoms with Gasteiger partial charge < -0.3 is 30.7 Å². The highest BCUT2D eigenvalue weighted by atomic mass is 32.2. The van der Waals surface area contributed by atoms with Crippen LogP contribution in [0.3, 0.4) is 0 Å². The molecule has 47 heavy (non-hydrogen) atoms. The van der Waals surface area contributed by atoms with Gasteiger partial charge in [-0.15, -0.1) is 18.3 Å². The second-order valence-electron chi connectivity index (χ2n) is 13.0. The first kappa shape index (κ1) is 36.1. The van der Waals surface area contributed by atoms with Gasteiger partial charge in [-0.1, -0.05) is 56.7 Å². The van der Waals surface area contributed by atoms with Crippen molar-refractivity contribution in [2.75, 3.05) is 5.75 Å². The van der Waals surface area contributed by atoms with Crippen molar-refractivity contribution in [3.8, 4) is 0 Å². The molecule has 4 amide bonds. The zero-order valence-electron chi connectivity index (χ0n) is 28.2. The summed E-state index contributed by atoms with van der Waals surface area (Å²) in [4.78, 5) is 64.3. The van der Waals surface area contributed by atoms with E-state index in [0.717, 1.165) is 5.56 Å². The predicted molar refractivity (Wildman–Crippen MR) is 183 cm³/mol. The van der Waals surface area contributed by atoms with E-state index in [1.165, 1.54) is 11.8 Å². The monoisotopic (exact) mass is 668 g/mol. The van der Waals surface area contributed by atoms with Crippen molar-refractivity contribution in [3.63, 3.8) is 0 Å². The van der Waals surface area contributed by atoms with E-state index >= 15 is 0 Å². The first-order valence-corrected chi connectivity index (χ1v) is 17.2. The number of amides is 4. The van der Waals surface area contributed by atoms with Crippen molar-refractivity contribution in [2.24, 2.45) is 15.9 Å². The fourth-order valence-electron chi connectivity index (χ4n) is 5.59. The van der Waals surface area contributed by atoms with Crippen LogP contribution in [0.2, 0.25) is 0 Å². The van der Waals surface area contributed by atoms with Crippen molar-refractivity contribution < 1.29 is 28.7 Å². The summed E-state index contributed by atoms with van der Waals surface area (Å²) in [6.07, 6.45) is 1.11. The number of hydrogen-bond acceptors (Lipinski definition) is 9. The Hall–Kier alpha value is -3.71. The molecule has 1 aromatic rings. The highest BCUT2D eigenvalue weighted by molar-refractivity contribution is 8.14. The quantitative estimate of drug-likeness (QED) is 0.310. The molecular weight excluding hydrogens is 620 g/mol. The lowest BCUT2D eigenvalue weighted by Crippen LogP contribution is -2.61. The number of hydrogen-bond donors (Lipinski definition) is 4. The zero-order chi connectivity index (χ0) is 34.5. The maximum Gasteiger partial charge on any atom is 0.249 e. The molecule has 9 atom stereocenters. The first-order valence-electron chi connectivity index (χ1n) is 16.2. The second kappa shape index (κ2) is 15.5. The van der Waals surface area contributed by atoms with Crippen molar-refractivity contribution in [3.05, 3.63) is 48.6 Å². The summed E-state index contributed by atoms with van der Waals surface area (Å²) in [7, 11) is 0. The molecule has 0 aromatic heterocycles. The molecule has 0 fully saturated rings. The van der Waals surface area contributed by atoms with Crippen LogP contribution in [0.4, 0.5) is 0 Å². The lowest BCUT2D eigenvalue weighted by Gasteiger charge is -2.33. The summed E-state index contributed by atoms with van der Waals surface area (Å²) in [6, 6.07) is 4.58. The van der Waals surface area contributed by atoms with E-state index in [2.05, 4.69) is 37.8 Å². The van der Waals surface area contributed by atoms with Gasteiger partial charge in [-0.25, -0.2) is 4.99 Å². The molecule has 0 saturated carbocycles. The molecule has 3 aliphatic heterocycles. The SMILES string of the molecule is C=CC(C)(C)OC(C)C1NC(=O)C(C(C)CC)NC(=O)C2CSC(=N2)C(C)NC(=O)C2N=C(OC2C)C(Cc2ccccc2)NC1=O. The number of carbonyl (C=O) groups excluding carboxylic acids is 4. The lowest BCUT2D eigenvalue weighted by molar-refractivity contribution is -0.138. The standard InChI is InChI=1S/C34H48N6O6S/c1-9-18(3)25-29(42)39-27(21(6)46-34(7,8)10-2)31(44)36-23(16-22-14-12-11-13-15-22)32-40-26(20(5)45-32)30(43)35-19(4)33-37-24(17-47-33)28(41)38-25/h10-15,18-21,23-27H,2,9,16-17H2,1,3-8H3,(H,35,43)(H,36,44)(H,38,41)(H,39,42). The van der Waals surface area contributed by atoms with Crippen LogP contribution in [0, 0.1) is 5.92 Å². The van der Waals surface area contributed by atoms with Crippen LogP contribution < -0.4 is 21.3 Å². The molecule has 13 heteroatoms. The summed E-state index contributed by atoms with van der Waals surface area (Å²) < 4.78 is 12.3. The van der Waals surface area contributed by atoms with E-state index in [1.807, 2.05) is 44.2 Å². The first-order chi connectivity index (χ1) is 22.2. The highest BCUT2D eigenvalue weighted by Crippen LogP contribution is 2.24. The Kier molecular flexibility index (Phi) is 11.9. The molecule has 0 spiro atoms. The van der Waals surface area contributed by atoms with Crippen molar-refractivity contribution in [2.45, 2.75) is 115 Å². The van der Waals surface area contributed by atoms with Gasteiger partial charge in [0.25, 0.3) is 0 Å². The van der Waals surface area contributed by atoms with Gasteiger partial charge >= 0.3 is 0 Å². The molecule has 0 saturated heterocycles. The average molecular weight is 669 g/mol. The molecule has 4 rings (SSSR count). The summed E-state index contributed by atoms with van der Waals surface area (Å²) in [5.74, 6) is -1.47. The molecule has 3 heterocycles. The molecule has 1 aromatic carbocycles. The Morgan fingerprint density at radius 2 is 1.64 bits per heavy atom. The van der Waals surface area contributed by atoms with Crippen LogP contribution in [0.1, 0.15) is 60.5 Å². The number of carbonyl (C=O) groups is 4. The maximum atomic E-state index is 14.2. The molecule has 4 N–H and O–H groups in total. The van der Waals surface area contributed by atoms with Gasteiger partial charge in [0.15, 0.2) is 6.04 Å². The summed E-state index contributed by atoms with van der Waals surface area (Å²) in [6.45, 7) is 16.5. The van der Waals surface area contributed by atoms with Gasteiger partial charge in [-0.3, -0.25) is 24.2 Å². The molecule has 3 aliphatic rings. The highest BCUT2D eigenvalue weighted by Gasteiger charge is 2.41. The van der Waals surface area contributed by atoms with Crippen molar-refractivity contribution >= 4 is 46.3 Å². The largest absolute Gasteiger partial charge is 0.474 e. The Morgan fingerprint density at radius 3 is 2.30 bits per heavy atom. The Balaban J connectivity index is 1.77. The van der Waals surface area contributed by atoms with Crippen LogP contribution in [0.25, 0.3) is 0 Å². The van der Waals surface area contributed by atoms with Crippen LogP contribution in [-0.4, -0.2) is 94.4 Å². The predicted octanol–water partition coefficient (Wildman–Crippen LogP) is 2.32. The molecule has 12 nitrogen and oxygen atoms in total. The molecule has 0 aliphatic carbocycles. The second-order valence-corrected chi connectivity index (χ2v) is 14.0. The zero-order valence-corrected chi connectivity index (χ0v) is 29.1. The third-order valence-corrected chi connectivity index (χ3v) is 9.95. The number of thioether (sulfide) groups is 1. The van der Waals surface area contributed by atoms with Gasteiger partial charge in [-0.2, -0.15) is 0 Å². The molecule has 4 bridgehead atoms. The van der Waals surface area contributed by atoms with Crippen molar-refractivity contribution in [1.29, 1.82) is 0 Å². The third kappa shape index (κ3) is 9.01. The summed E-state index contributed by atoms with van der Waals surface area (Å²) >= 11 is 1.39. The third-order valence-electron chi connectivity index (χ3n) is 8.71. The molecule has 9 unspecified atom stereocenters. The van der Waals surface area contributed by atoms with E-state index in [0.29, 0.717) is 23.6 Å². The van der Waals surface area contributed by atoms with E-state index in [-0.39, 0.29) is 17.7 Å². The minimum Gasteiger partial charge on any atom is -0.474 e. The van der Waals surface area contributed by atoms with Gasteiger partial charge in [0.05, 0.1) is 22.8 Å². The fourth-order valence-corrected chi connectivity index (χ4v) is 6.66. The van der Waals surface area contributed by atoms with E-state index < -0.39 is 71.8 Å². The summed E-state index contributed by atoms with van der Waals surface area (Å²) in [5, 5.41) is 12.4. The Labute approximate surface area is 281 Å². The number of ether oxygens (including phenoxy) is 2. The van der Waals surface area contributed by atoms with Gasteiger partial charge in [0, 0.05) is 12.2 Å².